The molecule has 0 saturated carbocycles. The second kappa shape index (κ2) is 5.64. The zero-order valence-electron chi connectivity index (χ0n) is 13.3. The fourth-order valence-corrected chi connectivity index (χ4v) is 3.53. The van der Waals surface area contributed by atoms with E-state index in [1.54, 1.807) is 0 Å². The molecule has 1 amide bonds. The minimum absolute atomic E-state index is 0.000747. The molecular weight excluding hydrogens is 284 g/mol. The van der Waals surface area contributed by atoms with Crippen molar-refractivity contribution < 1.29 is 20.0 Å². The van der Waals surface area contributed by atoms with Gasteiger partial charge in [0.2, 0.25) is 0 Å². The van der Waals surface area contributed by atoms with E-state index in [-0.39, 0.29) is 22.8 Å². The van der Waals surface area contributed by atoms with Crippen LogP contribution in [0.1, 0.15) is 61.5 Å². The normalized spacial score (nSPS) is 20.4. The van der Waals surface area contributed by atoms with Gasteiger partial charge >= 0.3 is 0 Å². The Balaban J connectivity index is 2.17. The van der Waals surface area contributed by atoms with Crippen molar-refractivity contribution in [3.05, 3.63) is 23.8 Å². The Morgan fingerprint density at radius 3 is 2.14 bits per heavy atom. The minimum atomic E-state index is -1.50. The smallest absolute Gasteiger partial charge is 0.272 e. The summed E-state index contributed by atoms with van der Waals surface area (Å²) in [6.45, 7) is 8.51. The Morgan fingerprint density at radius 2 is 1.64 bits per heavy atom. The molecule has 7 nitrogen and oxygen atoms in total. The molecule has 2 heterocycles. The number of nitrogens with two attached hydrogens (primary N) is 1. The van der Waals surface area contributed by atoms with Crippen molar-refractivity contribution in [3.8, 4) is 0 Å². The molecule has 2 rings (SSSR count). The number of carbonyl (C=O) groups is 2. The lowest BCUT2D eigenvalue weighted by Crippen LogP contribution is -3.06. The van der Waals surface area contributed by atoms with Gasteiger partial charge in [0.05, 0.1) is 17.0 Å². The second-order valence-corrected chi connectivity index (χ2v) is 7.24. The largest absolute Gasteiger partial charge is 0.543 e. The maximum absolute atomic E-state index is 12.3. The van der Waals surface area contributed by atoms with E-state index in [4.69, 9.17) is 0 Å². The van der Waals surface area contributed by atoms with E-state index >= 15 is 0 Å². The summed E-state index contributed by atoms with van der Waals surface area (Å²) < 4.78 is 0. The number of carbonyl (C=O) groups excluding carboxylic acids is 2. The van der Waals surface area contributed by atoms with Crippen LogP contribution in [-0.4, -0.2) is 39.0 Å². The molecule has 0 aromatic carbocycles. The summed E-state index contributed by atoms with van der Waals surface area (Å²) in [6.07, 6.45) is 4.11. The molecule has 1 saturated heterocycles. The third kappa shape index (κ3) is 3.79. The predicted octanol–water partition coefficient (Wildman–Crippen LogP) is -1.15. The van der Waals surface area contributed by atoms with Gasteiger partial charge in [0.15, 0.2) is 5.69 Å². The summed E-state index contributed by atoms with van der Waals surface area (Å²) in [7, 11) is 0. The lowest BCUT2D eigenvalue weighted by atomic mass is 9.79. The molecule has 0 aliphatic carbocycles. The Morgan fingerprint density at radius 1 is 1.14 bits per heavy atom. The zero-order valence-corrected chi connectivity index (χ0v) is 13.3. The number of piperidine rings is 1. The Kier molecular flexibility index (Phi) is 4.19. The van der Waals surface area contributed by atoms with Crippen LogP contribution in [0.25, 0.3) is 0 Å². The average molecular weight is 306 g/mol. The summed E-state index contributed by atoms with van der Waals surface area (Å²) in [4.78, 5) is 30.9. The Hall–Kier alpha value is -2.02. The molecule has 1 aromatic heterocycles. The van der Waals surface area contributed by atoms with Crippen molar-refractivity contribution in [1.29, 1.82) is 0 Å². The highest BCUT2D eigenvalue weighted by atomic mass is 16.4. The molecule has 0 unspecified atom stereocenters. The van der Waals surface area contributed by atoms with Crippen molar-refractivity contribution >= 4 is 11.9 Å². The Bertz CT molecular complexity index is 582. The molecule has 22 heavy (non-hydrogen) atoms. The number of aromatic carboxylic acids is 1. The maximum atomic E-state index is 12.3. The molecule has 0 bridgehead atoms. The zero-order chi connectivity index (χ0) is 16.5. The van der Waals surface area contributed by atoms with Crippen LogP contribution < -0.4 is 15.7 Å². The first-order valence-corrected chi connectivity index (χ1v) is 7.30. The highest BCUT2D eigenvalue weighted by molar-refractivity contribution is 6.01. The SMILES string of the molecule is CC1(C)CC(NC(=O)c2nccnc2C(=O)[O-])CC(C)(C)[NH2+]1. The highest BCUT2D eigenvalue weighted by Gasteiger charge is 2.42. The first-order valence-electron chi connectivity index (χ1n) is 7.30. The number of amides is 1. The van der Waals surface area contributed by atoms with E-state index < -0.39 is 17.6 Å². The van der Waals surface area contributed by atoms with Gasteiger partial charge < -0.3 is 20.5 Å². The van der Waals surface area contributed by atoms with Crippen LogP contribution in [0.2, 0.25) is 0 Å². The molecule has 1 fully saturated rings. The molecular formula is C15H22N4O3. The van der Waals surface area contributed by atoms with Crippen LogP contribution in [0, 0.1) is 0 Å². The fraction of sp³-hybridized carbons (Fsp3) is 0.600. The number of carboxylic acid groups (broad SMARTS) is 1. The summed E-state index contributed by atoms with van der Waals surface area (Å²) >= 11 is 0. The Labute approximate surface area is 129 Å². The molecule has 3 N–H and O–H groups in total. The summed E-state index contributed by atoms with van der Waals surface area (Å²) in [5, 5.41) is 16.2. The molecule has 7 heteroatoms. The molecule has 1 aliphatic heterocycles. The standard InChI is InChI=1S/C15H22N4O3/c1-14(2)7-9(8-15(3,4)19-14)18-12(20)10-11(13(21)22)17-6-5-16-10/h5-6,9,19H,7-8H2,1-4H3,(H,18,20)(H,21,22). The topological polar surface area (TPSA) is 112 Å². The molecule has 0 spiro atoms. The van der Waals surface area contributed by atoms with Gasteiger partial charge in [-0.2, -0.15) is 0 Å². The molecule has 0 radical (unpaired) electrons. The van der Waals surface area contributed by atoms with E-state index in [0.717, 1.165) is 12.8 Å². The van der Waals surface area contributed by atoms with Gasteiger partial charge in [0.25, 0.3) is 5.91 Å². The van der Waals surface area contributed by atoms with Gasteiger partial charge in [0, 0.05) is 31.3 Å². The monoisotopic (exact) mass is 306 g/mol. The molecule has 0 atom stereocenters. The molecule has 120 valence electrons. The van der Waals surface area contributed by atoms with E-state index in [0.29, 0.717) is 0 Å². The fourth-order valence-electron chi connectivity index (χ4n) is 3.53. The van der Waals surface area contributed by atoms with Gasteiger partial charge in [-0.1, -0.05) is 0 Å². The van der Waals surface area contributed by atoms with Gasteiger partial charge in [0.1, 0.15) is 5.69 Å². The van der Waals surface area contributed by atoms with Crippen LogP contribution in [0.15, 0.2) is 12.4 Å². The van der Waals surface area contributed by atoms with Crippen molar-refractivity contribution in [2.24, 2.45) is 0 Å². The van der Waals surface area contributed by atoms with Crippen molar-refractivity contribution in [2.75, 3.05) is 0 Å². The van der Waals surface area contributed by atoms with Gasteiger partial charge in [-0.05, 0) is 27.7 Å². The molecule has 1 aromatic rings. The van der Waals surface area contributed by atoms with E-state index in [1.807, 2.05) is 0 Å². The number of nitrogens with zero attached hydrogens (tertiary/aromatic N) is 2. The van der Waals surface area contributed by atoms with Crippen LogP contribution in [0.3, 0.4) is 0 Å². The summed E-state index contributed by atoms with van der Waals surface area (Å²) in [6, 6.07) is -0.0425. The van der Waals surface area contributed by atoms with Gasteiger partial charge in [-0.25, -0.2) is 4.98 Å². The van der Waals surface area contributed by atoms with Crippen LogP contribution in [0.5, 0.6) is 0 Å². The lowest BCUT2D eigenvalue weighted by Gasteiger charge is -2.43. The summed E-state index contributed by atoms with van der Waals surface area (Å²) in [5.41, 5.74) is -0.632. The number of quaternary nitrogens is 1. The van der Waals surface area contributed by atoms with Gasteiger partial charge in [-0.3, -0.25) is 9.78 Å². The van der Waals surface area contributed by atoms with Crippen molar-refractivity contribution in [1.82, 2.24) is 15.3 Å². The first-order chi connectivity index (χ1) is 10.1. The minimum Gasteiger partial charge on any atom is -0.543 e. The van der Waals surface area contributed by atoms with E-state index in [9.17, 15) is 14.7 Å². The third-order valence-corrected chi connectivity index (χ3v) is 3.77. The van der Waals surface area contributed by atoms with Crippen LogP contribution in [0.4, 0.5) is 0 Å². The summed E-state index contributed by atoms with van der Waals surface area (Å²) in [5.74, 6) is -2.03. The number of aromatic nitrogens is 2. The average Bonchev–Trinajstić information content (AvgIpc) is 2.34. The second-order valence-electron chi connectivity index (χ2n) is 7.24. The third-order valence-electron chi connectivity index (χ3n) is 3.77. The number of hydrogen-bond acceptors (Lipinski definition) is 5. The van der Waals surface area contributed by atoms with E-state index in [1.165, 1.54) is 12.4 Å². The van der Waals surface area contributed by atoms with Gasteiger partial charge in [-0.15, -0.1) is 0 Å². The van der Waals surface area contributed by atoms with E-state index in [2.05, 4.69) is 48.3 Å². The molecule has 1 aliphatic rings. The van der Waals surface area contributed by atoms with Crippen molar-refractivity contribution in [2.45, 2.75) is 57.7 Å². The number of nitrogens with one attached hydrogen (secondary N) is 1. The maximum Gasteiger partial charge on any atom is 0.272 e. The predicted molar refractivity (Wildman–Crippen MR) is 76.9 cm³/mol. The number of rotatable bonds is 3. The number of hydrogen-bond donors (Lipinski definition) is 2. The number of carboxylic acids is 1. The quantitative estimate of drug-likeness (QED) is 0.732. The van der Waals surface area contributed by atoms with Crippen LogP contribution >= 0.6 is 0 Å². The van der Waals surface area contributed by atoms with Crippen LogP contribution in [-0.2, 0) is 0 Å². The van der Waals surface area contributed by atoms with Crippen molar-refractivity contribution in [3.63, 3.8) is 0 Å². The lowest BCUT2D eigenvalue weighted by molar-refractivity contribution is -0.787. The highest BCUT2D eigenvalue weighted by Crippen LogP contribution is 2.22. The first kappa shape index (κ1) is 16.4.